The van der Waals surface area contributed by atoms with Crippen molar-refractivity contribution >= 4 is 15.7 Å². The van der Waals surface area contributed by atoms with Crippen LogP contribution in [0.15, 0.2) is 23.1 Å². The van der Waals surface area contributed by atoms with Gasteiger partial charge in [-0.3, -0.25) is 0 Å². The molecule has 1 aromatic rings. The first-order valence-corrected chi connectivity index (χ1v) is 8.17. The summed E-state index contributed by atoms with van der Waals surface area (Å²) in [5.74, 6) is 0.982. The summed E-state index contributed by atoms with van der Waals surface area (Å²) < 4.78 is 30.8. The van der Waals surface area contributed by atoms with E-state index >= 15 is 0 Å². The maximum absolute atomic E-state index is 12.0. The summed E-state index contributed by atoms with van der Waals surface area (Å²) in [4.78, 5) is 0.175. The zero-order valence-electron chi connectivity index (χ0n) is 12.6. The van der Waals surface area contributed by atoms with Crippen LogP contribution >= 0.6 is 0 Å². The number of rotatable bonds is 7. The van der Waals surface area contributed by atoms with E-state index in [1.54, 1.807) is 6.07 Å². The quantitative estimate of drug-likeness (QED) is 0.784. The van der Waals surface area contributed by atoms with Crippen LogP contribution in [0.25, 0.3) is 0 Å². The Kier molecular flexibility index (Phi) is 5.83. The van der Waals surface area contributed by atoms with Crippen LogP contribution in [0.1, 0.15) is 26.7 Å². The third-order valence-electron chi connectivity index (χ3n) is 3.06. The molecule has 0 saturated heterocycles. The first kappa shape index (κ1) is 16.8. The molecule has 0 amide bonds. The van der Waals surface area contributed by atoms with Gasteiger partial charge in [-0.2, -0.15) is 0 Å². The van der Waals surface area contributed by atoms with Gasteiger partial charge in [0.15, 0.2) is 0 Å². The lowest BCUT2D eigenvalue weighted by Crippen LogP contribution is -2.22. The molecule has 0 spiro atoms. The summed E-state index contributed by atoms with van der Waals surface area (Å²) >= 11 is 0. The van der Waals surface area contributed by atoms with Crippen molar-refractivity contribution in [2.24, 2.45) is 5.92 Å². The van der Waals surface area contributed by atoms with E-state index < -0.39 is 10.0 Å². The van der Waals surface area contributed by atoms with E-state index in [-0.39, 0.29) is 4.90 Å². The van der Waals surface area contributed by atoms with Crippen molar-refractivity contribution in [2.75, 3.05) is 26.4 Å². The van der Waals surface area contributed by atoms with Crippen LogP contribution in [-0.4, -0.2) is 33.4 Å². The maximum atomic E-state index is 12.0. The predicted octanol–water partition coefficient (Wildman–Crippen LogP) is 2.33. The van der Waals surface area contributed by atoms with Gasteiger partial charge in [0.2, 0.25) is 10.0 Å². The van der Waals surface area contributed by atoms with Crippen LogP contribution in [0.4, 0.5) is 5.69 Å². The smallest absolute Gasteiger partial charge is 0.242 e. The van der Waals surface area contributed by atoms with Crippen LogP contribution in [-0.2, 0) is 10.0 Å². The third kappa shape index (κ3) is 4.11. The topological polar surface area (TPSA) is 72.6 Å². The Morgan fingerprint density at radius 1 is 1.35 bits per heavy atom. The summed E-state index contributed by atoms with van der Waals surface area (Å²) in [6.07, 6.45) is 2.20. The zero-order chi connectivity index (χ0) is 15.3. The molecule has 0 aliphatic heterocycles. The summed E-state index contributed by atoms with van der Waals surface area (Å²) in [6.45, 7) is 4.83. The summed E-state index contributed by atoms with van der Waals surface area (Å²) in [6, 6.07) is 4.57. The standard InChI is InChI=1S/C14H24N2O3S/c1-5-6-11(2)10-19-14-8-7-12(9-13(14)15)20(17,18)16(3)4/h7-9,11H,5-6,10,15H2,1-4H3. The van der Waals surface area contributed by atoms with Gasteiger partial charge in [0, 0.05) is 14.1 Å². The molecule has 0 radical (unpaired) electrons. The molecule has 5 nitrogen and oxygen atoms in total. The molecule has 0 saturated carbocycles. The largest absolute Gasteiger partial charge is 0.491 e. The minimum atomic E-state index is -3.46. The monoisotopic (exact) mass is 300 g/mol. The number of nitrogens with two attached hydrogens (primary N) is 1. The van der Waals surface area contributed by atoms with Gasteiger partial charge in [0.1, 0.15) is 5.75 Å². The fourth-order valence-corrected chi connectivity index (χ4v) is 2.77. The van der Waals surface area contributed by atoms with Gasteiger partial charge < -0.3 is 10.5 Å². The number of anilines is 1. The van der Waals surface area contributed by atoms with Crippen molar-refractivity contribution in [3.8, 4) is 5.75 Å². The lowest BCUT2D eigenvalue weighted by atomic mass is 10.1. The van der Waals surface area contributed by atoms with Crippen LogP contribution < -0.4 is 10.5 Å². The molecular weight excluding hydrogens is 276 g/mol. The van der Waals surface area contributed by atoms with Gasteiger partial charge in [0.25, 0.3) is 0 Å². The Bertz CT molecular complexity index is 541. The van der Waals surface area contributed by atoms with E-state index in [0.29, 0.717) is 24.0 Å². The number of hydrogen-bond donors (Lipinski definition) is 1. The van der Waals surface area contributed by atoms with Gasteiger partial charge in [-0.15, -0.1) is 0 Å². The van der Waals surface area contributed by atoms with Crippen LogP contribution in [0, 0.1) is 5.92 Å². The lowest BCUT2D eigenvalue weighted by molar-refractivity contribution is 0.252. The number of nitrogens with zero attached hydrogens (tertiary/aromatic N) is 1. The third-order valence-corrected chi connectivity index (χ3v) is 4.88. The van der Waals surface area contributed by atoms with Crippen molar-refractivity contribution < 1.29 is 13.2 Å². The number of benzene rings is 1. The molecule has 20 heavy (non-hydrogen) atoms. The highest BCUT2D eigenvalue weighted by Gasteiger charge is 2.18. The van der Waals surface area contributed by atoms with E-state index in [4.69, 9.17) is 10.5 Å². The van der Waals surface area contributed by atoms with Gasteiger partial charge in [0.05, 0.1) is 17.2 Å². The van der Waals surface area contributed by atoms with E-state index in [0.717, 1.165) is 17.1 Å². The second-order valence-electron chi connectivity index (χ2n) is 5.19. The number of nitrogen functional groups attached to an aromatic ring is 1. The Hall–Kier alpha value is -1.27. The summed E-state index contributed by atoms with van der Waals surface area (Å²) in [5, 5.41) is 0. The van der Waals surface area contributed by atoms with E-state index in [1.807, 2.05) is 0 Å². The van der Waals surface area contributed by atoms with Gasteiger partial charge >= 0.3 is 0 Å². The molecular formula is C14H24N2O3S. The number of hydrogen-bond acceptors (Lipinski definition) is 4. The molecule has 0 aliphatic rings. The van der Waals surface area contributed by atoms with Crippen molar-refractivity contribution in [3.05, 3.63) is 18.2 Å². The number of sulfonamides is 1. The normalized spacial score (nSPS) is 13.4. The summed E-state index contributed by atoms with van der Waals surface area (Å²) in [5.41, 5.74) is 6.21. The Morgan fingerprint density at radius 2 is 2.00 bits per heavy atom. The fraction of sp³-hybridized carbons (Fsp3) is 0.571. The first-order valence-electron chi connectivity index (χ1n) is 6.73. The molecule has 0 aromatic heterocycles. The zero-order valence-corrected chi connectivity index (χ0v) is 13.4. The molecule has 0 fully saturated rings. The van der Waals surface area contributed by atoms with Gasteiger partial charge in [-0.1, -0.05) is 20.3 Å². The number of ether oxygens (including phenoxy) is 1. The molecule has 1 aromatic carbocycles. The van der Waals surface area contributed by atoms with Crippen molar-refractivity contribution in [2.45, 2.75) is 31.6 Å². The molecule has 1 rings (SSSR count). The van der Waals surface area contributed by atoms with Crippen molar-refractivity contribution in [1.29, 1.82) is 0 Å². The molecule has 6 heteroatoms. The molecule has 2 N–H and O–H groups in total. The van der Waals surface area contributed by atoms with Crippen LogP contribution in [0.3, 0.4) is 0 Å². The SMILES string of the molecule is CCCC(C)COc1ccc(S(=O)(=O)N(C)C)cc1N. The van der Waals surface area contributed by atoms with Gasteiger partial charge in [-0.05, 0) is 30.5 Å². The lowest BCUT2D eigenvalue weighted by Gasteiger charge is -2.15. The highest BCUT2D eigenvalue weighted by Crippen LogP contribution is 2.26. The second-order valence-corrected chi connectivity index (χ2v) is 7.34. The highest BCUT2D eigenvalue weighted by molar-refractivity contribution is 7.89. The average molecular weight is 300 g/mol. The van der Waals surface area contributed by atoms with Crippen LogP contribution in [0.2, 0.25) is 0 Å². The maximum Gasteiger partial charge on any atom is 0.242 e. The second kappa shape index (κ2) is 6.95. The molecule has 1 unspecified atom stereocenters. The van der Waals surface area contributed by atoms with Crippen molar-refractivity contribution in [1.82, 2.24) is 4.31 Å². The Balaban J connectivity index is 2.84. The van der Waals surface area contributed by atoms with E-state index in [9.17, 15) is 8.42 Å². The van der Waals surface area contributed by atoms with E-state index in [1.165, 1.54) is 26.2 Å². The molecule has 114 valence electrons. The Morgan fingerprint density at radius 3 is 2.50 bits per heavy atom. The molecule has 0 heterocycles. The fourth-order valence-electron chi connectivity index (χ4n) is 1.84. The van der Waals surface area contributed by atoms with Crippen LogP contribution in [0.5, 0.6) is 5.75 Å². The van der Waals surface area contributed by atoms with Gasteiger partial charge in [-0.25, -0.2) is 12.7 Å². The van der Waals surface area contributed by atoms with E-state index in [2.05, 4.69) is 13.8 Å². The van der Waals surface area contributed by atoms with Crippen molar-refractivity contribution in [3.63, 3.8) is 0 Å². The summed E-state index contributed by atoms with van der Waals surface area (Å²) in [7, 11) is -0.481. The first-order chi connectivity index (χ1) is 9.28. The minimum absolute atomic E-state index is 0.175. The highest BCUT2D eigenvalue weighted by atomic mass is 32.2. The molecule has 0 bridgehead atoms. The molecule has 0 aliphatic carbocycles. The average Bonchev–Trinajstić information content (AvgIpc) is 2.37. The molecule has 1 atom stereocenters. The predicted molar refractivity (Wildman–Crippen MR) is 81.3 cm³/mol. The Labute approximate surface area is 121 Å². The minimum Gasteiger partial charge on any atom is -0.491 e.